The van der Waals surface area contributed by atoms with Crippen LogP contribution in [0.3, 0.4) is 0 Å². The lowest BCUT2D eigenvalue weighted by Crippen LogP contribution is -2.40. The van der Waals surface area contributed by atoms with Crippen LogP contribution in [0.2, 0.25) is 0 Å². The Bertz CT molecular complexity index is 631. The van der Waals surface area contributed by atoms with Crippen LogP contribution in [0.5, 0.6) is 0 Å². The number of likely N-dealkylation sites (N-methyl/N-ethyl adjacent to an activating group) is 1. The van der Waals surface area contributed by atoms with Crippen molar-refractivity contribution in [3.8, 4) is 11.3 Å². The first kappa shape index (κ1) is 13.8. The Balaban J connectivity index is 1.91. The van der Waals surface area contributed by atoms with Crippen LogP contribution in [0.1, 0.15) is 25.7 Å². The van der Waals surface area contributed by atoms with E-state index in [4.69, 9.17) is 0 Å². The zero-order valence-electron chi connectivity index (χ0n) is 12.4. The van der Waals surface area contributed by atoms with E-state index in [0.717, 1.165) is 30.0 Å². The molecule has 0 saturated heterocycles. The molecule has 3 rings (SSSR count). The summed E-state index contributed by atoms with van der Waals surface area (Å²) in [5, 5.41) is 3.29. The molecule has 0 fully saturated rings. The third-order valence-electron chi connectivity index (χ3n) is 3.99. The highest BCUT2D eigenvalue weighted by atomic mass is 16.2. The van der Waals surface area contributed by atoms with Gasteiger partial charge >= 0.3 is 0 Å². The molecule has 2 heterocycles. The van der Waals surface area contributed by atoms with E-state index in [1.54, 1.807) is 6.33 Å². The monoisotopic (exact) mass is 284 g/mol. The fraction of sp³-hybridized carbons (Fsp3) is 0.375. The fourth-order valence-electron chi connectivity index (χ4n) is 2.83. The van der Waals surface area contributed by atoms with Gasteiger partial charge in [0.05, 0.1) is 17.7 Å². The Kier molecular flexibility index (Phi) is 3.75. The number of fused-ring (bicyclic) bond motifs is 1. The number of nitrogens with one attached hydrogen (secondary N) is 1. The zero-order chi connectivity index (χ0) is 14.8. The number of nitrogens with zero attached hydrogens (tertiary/aromatic N) is 3. The molecular weight excluding hydrogens is 264 g/mol. The van der Waals surface area contributed by atoms with Gasteiger partial charge in [-0.2, -0.15) is 0 Å². The molecule has 1 unspecified atom stereocenters. The van der Waals surface area contributed by atoms with Crippen molar-refractivity contribution in [2.45, 2.75) is 26.6 Å². The molecule has 2 aromatic rings. The summed E-state index contributed by atoms with van der Waals surface area (Å²) >= 11 is 0. The molecule has 1 atom stereocenters. The largest absolute Gasteiger partial charge is 0.340 e. The second kappa shape index (κ2) is 5.69. The van der Waals surface area contributed by atoms with Crippen molar-refractivity contribution >= 4 is 5.91 Å². The average Bonchev–Trinajstić information content (AvgIpc) is 3.10. The highest BCUT2D eigenvalue weighted by Gasteiger charge is 2.32. The molecule has 0 aliphatic carbocycles. The Labute approximate surface area is 124 Å². The number of benzene rings is 1. The van der Waals surface area contributed by atoms with Crippen LogP contribution in [0.25, 0.3) is 11.3 Å². The first-order valence-corrected chi connectivity index (χ1v) is 7.39. The maximum Gasteiger partial charge on any atom is 0.260 e. The van der Waals surface area contributed by atoms with Crippen LogP contribution in [-0.4, -0.2) is 33.4 Å². The Morgan fingerprint density at radius 2 is 2.05 bits per heavy atom. The van der Waals surface area contributed by atoms with Gasteiger partial charge in [-0.15, -0.1) is 0 Å². The number of amides is 1. The molecule has 1 aliphatic heterocycles. The van der Waals surface area contributed by atoms with Crippen molar-refractivity contribution in [1.29, 1.82) is 0 Å². The summed E-state index contributed by atoms with van der Waals surface area (Å²) < 4.78 is 1.96. The molecule has 5 nitrogen and oxygen atoms in total. The molecule has 1 aliphatic rings. The van der Waals surface area contributed by atoms with Gasteiger partial charge in [-0.05, 0) is 13.8 Å². The normalized spacial score (nSPS) is 16.8. The zero-order valence-corrected chi connectivity index (χ0v) is 12.4. The van der Waals surface area contributed by atoms with Gasteiger partial charge in [-0.1, -0.05) is 30.3 Å². The third kappa shape index (κ3) is 2.34. The summed E-state index contributed by atoms with van der Waals surface area (Å²) in [6, 6.07) is 10.1. The van der Waals surface area contributed by atoms with Gasteiger partial charge in [0.1, 0.15) is 0 Å². The van der Waals surface area contributed by atoms with Gasteiger partial charge in [0.25, 0.3) is 5.91 Å². The van der Waals surface area contributed by atoms with Gasteiger partial charge in [-0.3, -0.25) is 10.1 Å². The number of imidazole rings is 1. The fourth-order valence-corrected chi connectivity index (χ4v) is 2.83. The number of hydrogen-bond donors (Lipinski definition) is 1. The SMILES string of the molecule is CCN(CC)C(=O)C1NCc2c(-c3ccccc3)ncn21. The Morgan fingerprint density at radius 3 is 2.71 bits per heavy atom. The summed E-state index contributed by atoms with van der Waals surface area (Å²) in [7, 11) is 0. The molecule has 0 bridgehead atoms. The van der Waals surface area contributed by atoms with Crippen LogP contribution >= 0.6 is 0 Å². The number of hydrogen-bond acceptors (Lipinski definition) is 3. The Morgan fingerprint density at radius 1 is 1.33 bits per heavy atom. The number of carbonyl (C=O) groups is 1. The molecule has 0 radical (unpaired) electrons. The molecule has 1 aromatic carbocycles. The molecule has 1 aromatic heterocycles. The lowest BCUT2D eigenvalue weighted by atomic mass is 10.1. The van der Waals surface area contributed by atoms with Crippen LogP contribution in [0, 0.1) is 0 Å². The lowest BCUT2D eigenvalue weighted by molar-refractivity contribution is -0.135. The van der Waals surface area contributed by atoms with Crippen molar-refractivity contribution in [2.75, 3.05) is 13.1 Å². The van der Waals surface area contributed by atoms with E-state index >= 15 is 0 Å². The van der Waals surface area contributed by atoms with E-state index in [9.17, 15) is 4.79 Å². The smallest absolute Gasteiger partial charge is 0.260 e. The summed E-state index contributed by atoms with van der Waals surface area (Å²) in [6.07, 6.45) is 1.44. The Hall–Kier alpha value is -2.14. The van der Waals surface area contributed by atoms with Crippen molar-refractivity contribution in [2.24, 2.45) is 0 Å². The first-order chi connectivity index (χ1) is 10.3. The first-order valence-electron chi connectivity index (χ1n) is 7.39. The number of aromatic nitrogens is 2. The molecule has 21 heavy (non-hydrogen) atoms. The molecule has 5 heteroatoms. The van der Waals surface area contributed by atoms with Crippen molar-refractivity contribution < 1.29 is 4.79 Å². The predicted molar refractivity (Wildman–Crippen MR) is 81.5 cm³/mol. The van der Waals surface area contributed by atoms with E-state index in [2.05, 4.69) is 10.3 Å². The van der Waals surface area contributed by atoms with E-state index < -0.39 is 0 Å². The average molecular weight is 284 g/mol. The van der Waals surface area contributed by atoms with E-state index in [-0.39, 0.29) is 12.1 Å². The van der Waals surface area contributed by atoms with E-state index in [1.165, 1.54) is 0 Å². The molecular formula is C16H20N4O. The van der Waals surface area contributed by atoms with Crippen LogP contribution in [-0.2, 0) is 11.3 Å². The maximum atomic E-state index is 12.5. The summed E-state index contributed by atoms with van der Waals surface area (Å²) in [6.45, 7) is 6.12. The minimum atomic E-state index is -0.329. The molecule has 1 N–H and O–H groups in total. The maximum absolute atomic E-state index is 12.5. The number of rotatable bonds is 4. The van der Waals surface area contributed by atoms with Gasteiger partial charge in [0.15, 0.2) is 6.17 Å². The van der Waals surface area contributed by atoms with E-state index in [1.807, 2.05) is 53.6 Å². The lowest BCUT2D eigenvalue weighted by Gasteiger charge is -2.23. The highest BCUT2D eigenvalue weighted by Crippen LogP contribution is 2.28. The van der Waals surface area contributed by atoms with Gasteiger partial charge < -0.3 is 9.47 Å². The summed E-state index contributed by atoms with van der Waals surface area (Å²) in [4.78, 5) is 18.9. The summed E-state index contributed by atoms with van der Waals surface area (Å²) in [5.41, 5.74) is 3.12. The van der Waals surface area contributed by atoms with Gasteiger partial charge in [0, 0.05) is 25.2 Å². The molecule has 1 amide bonds. The standard InChI is InChI=1S/C16H20N4O/c1-3-19(4-2)16(21)15-17-10-13-14(18-11-20(13)15)12-8-6-5-7-9-12/h5-9,11,15,17H,3-4,10H2,1-2H3. The van der Waals surface area contributed by atoms with Crippen LogP contribution < -0.4 is 5.32 Å². The minimum absolute atomic E-state index is 0.107. The van der Waals surface area contributed by atoms with Gasteiger partial charge in [0.2, 0.25) is 0 Å². The minimum Gasteiger partial charge on any atom is -0.340 e. The topological polar surface area (TPSA) is 50.2 Å². The number of carbonyl (C=O) groups excluding carboxylic acids is 1. The molecule has 0 saturated carbocycles. The van der Waals surface area contributed by atoms with Crippen LogP contribution in [0.15, 0.2) is 36.7 Å². The second-order valence-corrected chi connectivity index (χ2v) is 5.11. The van der Waals surface area contributed by atoms with E-state index in [0.29, 0.717) is 6.54 Å². The highest BCUT2D eigenvalue weighted by molar-refractivity contribution is 5.81. The van der Waals surface area contributed by atoms with Gasteiger partial charge in [-0.25, -0.2) is 4.98 Å². The molecule has 0 spiro atoms. The van der Waals surface area contributed by atoms with Crippen molar-refractivity contribution in [3.05, 3.63) is 42.4 Å². The summed E-state index contributed by atoms with van der Waals surface area (Å²) in [5.74, 6) is 0.107. The van der Waals surface area contributed by atoms with Crippen molar-refractivity contribution in [1.82, 2.24) is 19.8 Å². The third-order valence-corrected chi connectivity index (χ3v) is 3.99. The molecule has 110 valence electrons. The van der Waals surface area contributed by atoms with Crippen molar-refractivity contribution in [3.63, 3.8) is 0 Å². The predicted octanol–water partition coefficient (Wildman–Crippen LogP) is 2.02. The quantitative estimate of drug-likeness (QED) is 0.934. The van der Waals surface area contributed by atoms with Crippen LogP contribution in [0.4, 0.5) is 0 Å². The second-order valence-electron chi connectivity index (χ2n) is 5.11.